The molecule has 0 saturated carbocycles. The van der Waals surface area contributed by atoms with E-state index in [1.807, 2.05) is 60.8 Å². The fraction of sp³-hybridized carbons (Fsp3) is 0.0476. The molecule has 3 aromatic rings. The molecule has 4 rings (SSSR count). The molecule has 0 saturated heterocycles. The lowest BCUT2D eigenvalue weighted by Gasteiger charge is -2.29. The lowest BCUT2D eigenvalue weighted by atomic mass is 10.0. The van der Waals surface area contributed by atoms with Crippen LogP contribution in [-0.4, -0.2) is 0 Å². The maximum Gasteiger partial charge on any atom is 0.131 e. The third-order valence-electron chi connectivity index (χ3n) is 4.24. The van der Waals surface area contributed by atoms with Gasteiger partial charge in [0.05, 0.1) is 11.7 Å². The van der Waals surface area contributed by atoms with Crippen LogP contribution in [0.1, 0.15) is 11.6 Å². The number of anilines is 1. The van der Waals surface area contributed by atoms with Gasteiger partial charge in [-0.2, -0.15) is 0 Å². The van der Waals surface area contributed by atoms with Crippen LogP contribution in [0.2, 0.25) is 0 Å². The van der Waals surface area contributed by atoms with Crippen molar-refractivity contribution in [1.82, 2.24) is 5.43 Å². The van der Waals surface area contributed by atoms with Gasteiger partial charge in [-0.25, -0.2) is 4.39 Å². The van der Waals surface area contributed by atoms with Crippen molar-refractivity contribution in [3.63, 3.8) is 0 Å². The molecule has 3 heteroatoms. The number of para-hydroxylation sites is 1. The van der Waals surface area contributed by atoms with E-state index in [0.29, 0.717) is 5.56 Å². The molecule has 118 valence electrons. The zero-order chi connectivity index (χ0) is 16.4. The van der Waals surface area contributed by atoms with Gasteiger partial charge in [0.1, 0.15) is 5.82 Å². The second kappa shape index (κ2) is 6.20. The topological polar surface area (TPSA) is 15.3 Å². The number of rotatable bonds is 3. The molecule has 1 atom stereocenters. The van der Waals surface area contributed by atoms with Gasteiger partial charge in [-0.05, 0) is 23.8 Å². The Morgan fingerprint density at radius 3 is 2.21 bits per heavy atom. The van der Waals surface area contributed by atoms with Crippen molar-refractivity contribution in [2.24, 2.45) is 0 Å². The Hall–Kier alpha value is -3.07. The van der Waals surface area contributed by atoms with Crippen molar-refractivity contribution in [2.45, 2.75) is 6.04 Å². The Balaban J connectivity index is 1.79. The molecule has 24 heavy (non-hydrogen) atoms. The average Bonchev–Trinajstić information content (AvgIpc) is 3.12. The van der Waals surface area contributed by atoms with Crippen LogP contribution in [0, 0.1) is 5.82 Å². The molecule has 0 aromatic heterocycles. The van der Waals surface area contributed by atoms with Crippen LogP contribution in [0.15, 0.2) is 91.1 Å². The van der Waals surface area contributed by atoms with Crippen molar-refractivity contribution >= 4 is 5.69 Å². The molecule has 1 unspecified atom stereocenters. The summed E-state index contributed by atoms with van der Waals surface area (Å²) in [5.74, 6) is -0.214. The molecule has 0 amide bonds. The maximum absolute atomic E-state index is 14.3. The number of hydrogen-bond acceptors (Lipinski definition) is 2. The van der Waals surface area contributed by atoms with E-state index in [2.05, 4.69) is 28.6 Å². The SMILES string of the molecule is Fc1ccccc1-c1ccccc1N1NC=CC1c1ccccc1. The summed E-state index contributed by atoms with van der Waals surface area (Å²) in [4.78, 5) is 0. The van der Waals surface area contributed by atoms with E-state index < -0.39 is 0 Å². The van der Waals surface area contributed by atoms with Gasteiger partial charge >= 0.3 is 0 Å². The summed E-state index contributed by atoms with van der Waals surface area (Å²) in [5.41, 5.74) is 6.88. The third kappa shape index (κ3) is 2.54. The fourth-order valence-corrected chi connectivity index (χ4v) is 3.10. The van der Waals surface area contributed by atoms with Crippen molar-refractivity contribution in [3.05, 3.63) is 103 Å². The Labute approximate surface area is 140 Å². The first kappa shape index (κ1) is 14.5. The summed E-state index contributed by atoms with van der Waals surface area (Å²) in [5, 5.41) is 2.07. The van der Waals surface area contributed by atoms with Gasteiger partial charge in [0.25, 0.3) is 0 Å². The molecule has 0 aliphatic carbocycles. The molecule has 0 spiro atoms. The summed E-state index contributed by atoms with van der Waals surface area (Å²) < 4.78 is 14.3. The summed E-state index contributed by atoms with van der Waals surface area (Å²) >= 11 is 0. The average molecular weight is 316 g/mol. The zero-order valence-corrected chi connectivity index (χ0v) is 13.1. The Morgan fingerprint density at radius 1 is 0.750 bits per heavy atom. The first-order valence-electron chi connectivity index (χ1n) is 7.95. The molecular weight excluding hydrogens is 299 g/mol. The smallest absolute Gasteiger partial charge is 0.131 e. The highest BCUT2D eigenvalue weighted by Crippen LogP contribution is 2.37. The molecule has 1 N–H and O–H groups in total. The van der Waals surface area contributed by atoms with Crippen molar-refractivity contribution < 1.29 is 4.39 Å². The second-order valence-corrected chi connectivity index (χ2v) is 5.71. The van der Waals surface area contributed by atoms with Crippen LogP contribution in [-0.2, 0) is 0 Å². The van der Waals surface area contributed by atoms with E-state index in [4.69, 9.17) is 0 Å². The van der Waals surface area contributed by atoms with Gasteiger partial charge in [0, 0.05) is 17.3 Å². The standard InChI is InChI=1S/C21H17FN2/c22-19-12-6-4-10-17(19)18-11-5-7-13-21(18)24-20(14-15-23-24)16-8-2-1-3-9-16/h1-15,20,23H. The molecule has 0 fully saturated rings. The minimum absolute atomic E-state index is 0.0686. The summed E-state index contributed by atoms with van der Waals surface area (Å²) in [6.45, 7) is 0. The zero-order valence-electron chi connectivity index (χ0n) is 13.1. The van der Waals surface area contributed by atoms with E-state index in [0.717, 1.165) is 11.3 Å². The van der Waals surface area contributed by atoms with Crippen LogP contribution in [0.5, 0.6) is 0 Å². The lowest BCUT2D eigenvalue weighted by molar-refractivity contribution is 0.631. The van der Waals surface area contributed by atoms with Crippen LogP contribution in [0.25, 0.3) is 11.1 Å². The molecule has 1 heterocycles. The predicted octanol–water partition coefficient (Wildman–Crippen LogP) is 5.07. The fourth-order valence-electron chi connectivity index (χ4n) is 3.10. The number of benzene rings is 3. The Bertz CT molecular complexity index is 874. The van der Waals surface area contributed by atoms with E-state index in [-0.39, 0.29) is 11.9 Å². The van der Waals surface area contributed by atoms with Crippen molar-refractivity contribution in [1.29, 1.82) is 0 Å². The highest BCUT2D eigenvalue weighted by Gasteiger charge is 2.24. The molecule has 0 radical (unpaired) electrons. The van der Waals surface area contributed by atoms with Gasteiger partial charge in [-0.15, -0.1) is 0 Å². The normalized spacial score (nSPS) is 16.2. The van der Waals surface area contributed by atoms with Gasteiger partial charge < -0.3 is 5.43 Å². The molecular formula is C21H17FN2. The number of hydrazine groups is 1. The lowest BCUT2D eigenvalue weighted by Crippen LogP contribution is -2.32. The largest absolute Gasteiger partial charge is 0.305 e. The number of hydrogen-bond donors (Lipinski definition) is 1. The van der Waals surface area contributed by atoms with Gasteiger partial charge in [-0.3, -0.25) is 5.01 Å². The van der Waals surface area contributed by atoms with E-state index in [9.17, 15) is 4.39 Å². The van der Waals surface area contributed by atoms with Gasteiger partial charge in [-0.1, -0.05) is 66.7 Å². The molecule has 0 bridgehead atoms. The third-order valence-corrected chi connectivity index (χ3v) is 4.24. The van der Waals surface area contributed by atoms with E-state index in [1.165, 1.54) is 11.6 Å². The maximum atomic E-state index is 14.3. The molecule has 1 aliphatic heterocycles. The first-order chi connectivity index (χ1) is 11.8. The van der Waals surface area contributed by atoms with Crippen molar-refractivity contribution in [3.8, 4) is 11.1 Å². The van der Waals surface area contributed by atoms with Crippen molar-refractivity contribution in [2.75, 3.05) is 5.01 Å². The monoisotopic (exact) mass is 316 g/mol. The molecule has 2 nitrogen and oxygen atoms in total. The first-order valence-corrected chi connectivity index (χ1v) is 7.95. The Morgan fingerprint density at radius 2 is 1.42 bits per heavy atom. The van der Waals surface area contributed by atoms with E-state index in [1.54, 1.807) is 6.07 Å². The van der Waals surface area contributed by atoms with Crippen LogP contribution < -0.4 is 10.4 Å². The minimum atomic E-state index is -0.214. The van der Waals surface area contributed by atoms with Gasteiger partial charge in [0.2, 0.25) is 0 Å². The quantitative estimate of drug-likeness (QED) is 0.725. The highest BCUT2D eigenvalue weighted by atomic mass is 19.1. The summed E-state index contributed by atoms with van der Waals surface area (Å²) in [6, 6.07) is 25.1. The summed E-state index contributed by atoms with van der Waals surface area (Å²) in [6.07, 6.45) is 4.03. The summed E-state index contributed by atoms with van der Waals surface area (Å²) in [7, 11) is 0. The number of halogens is 1. The van der Waals surface area contributed by atoms with Crippen LogP contribution in [0.3, 0.4) is 0 Å². The minimum Gasteiger partial charge on any atom is -0.305 e. The highest BCUT2D eigenvalue weighted by molar-refractivity contribution is 5.79. The second-order valence-electron chi connectivity index (χ2n) is 5.71. The molecule has 3 aromatic carbocycles. The van der Waals surface area contributed by atoms with E-state index >= 15 is 0 Å². The molecule has 1 aliphatic rings. The predicted molar refractivity (Wildman–Crippen MR) is 95.8 cm³/mol. The number of nitrogens with zero attached hydrogens (tertiary/aromatic N) is 1. The Kier molecular flexibility index (Phi) is 3.75. The van der Waals surface area contributed by atoms with Crippen LogP contribution >= 0.6 is 0 Å². The number of nitrogens with one attached hydrogen (secondary N) is 1. The van der Waals surface area contributed by atoms with Gasteiger partial charge in [0.15, 0.2) is 0 Å². The van der Waals surface area contributed by atoms with Crippen LogP contribution in [0.4, 0.5) is 10.1 Å².